The van der Waals surface area contributed by atoms with E-state index >= 15 is 0 Å². The van der Waals surface area contributed by atoms with Gasteiger partial charge in [0.25, 0.3) is 10.0 Å². The number of anilines is 1. The number of alkyl halides is 3. The lowest BCUT2D eigenvalue weighted by molar-refractivity contribution is -0.161. The summed E-state index contributed by atoms with van der Waals surface area (Å²) < 4.78 is 72.6. The molecule has 3 aromatic rings. The van der Waals surface area contributed by atoms with Crippen LogP contribution in [0.25, 0.3) is 0 Å². The number of cyclic esters (lactones) is 1. The van der Waals surface area contributed by atoms with E-state index in [1.54, 1.807) is 12.1 Å². The molecule has 0 spiro atoms. The van der Waals surface area contributed by atoms with Crippen LogP contribution in [0.4, 0.5) is 18.9 Å². The smallest absolute Gasteiger partial charge is 0.417 e. The fourth-order valence-corrected chi connectivity index (χ4v) is 6.35. The number of rotatable bonds is 11. The molecule has 1 aliphatic rings. The lowest BCUT2D eigenvalue weighted by Gasteiger charge is -2.38. The Morgan fingerprint density at radius 1 is 1.00 bits per heavy atom. The molecular formula is C34H41F3N2O5S. The van der Waals surface area contributed by atoms with Crippen LogP contribution in [0.5, 0.6) is 0 Å². The number of aliphatic hydroxyl groups excluding tert-OH is 1. The van der Waals surface area contributed by atoms with Gasteiger partial charge in [0.2, 0.25) is 0 Å². The summed E-state index contributed by atoms with van der Waals surface area (Å²) in [7, 11) is -4.30. The van der Waals surface area contributed by atoms with Crippen molar-refractivity contribution in [3.8, 4) is 0 Å². The number of pyridine rings is 1. The fourth-order valence-electron chi connectivity index (χ4n) is 5.37. The van der Waals surface area contributed by atoms with Gasteiger partial charge >= 0.3 is 12.1 Å². The standard InChI is InChI=1S/C31H33F3N2O5S.C3H8/c1-3-16-30(17-15-21-9-6-5-7-10-21)19-26(37)28(29(38)41-30)25(4-2)22-11-8-12-24(18-22)36-42(39,40)27-14-13-23(20-35-27)31(32,33)34;1-3-2/h5-14,18,20,25,36-37H,3-4,15-17,19H2,1-2H3;3H2,1-2H3/t25-,30-;/m1./s1. The number of nitrogens with one attached hydrogen (secondary N) is 1. The molecule has 0 bridgehead atoms. The molecule has 1 aromatic heterocycles. The summed E-state index contributed by atoms with van der Waals surface area (Å²) in [6, 6.07) is 17.6. The summed E-state index contributed by atoms with van der Waals surface area (Å²) >= 11 is 0. The van der Waals surface area contributed by atoms with Gasteiger partial charge in [-0.1, -0.05) is 83.0 Å². The monoisotopic (exact) mass is 646 g/mol. The average Bonchev–Trinajstić information content (AvgIpc) is 2.99. The van der Waals surface area contributed by atoms with E-state index in [1.165, 1.54) is 18.6 Å². The number of aromatic nitrogens is 1. The zero-order valence-electron chi connectivity index (χ0n) is 26.0. The molecule has 244 valence electrons. The molecule has 2 heterocycles. The highest BCUT2D eigenvalue weighted by atomic mass is 32.2. The predicted molar refractivity (Wildman–Crippen MR) is 168 cm³/mol. The number of aliphatic hydroxyl groups is 1. The Bertz CT molecular complexity index is 1560. The Morgan fingerprint density at radius 3 is 2.24 bits per heavy atom. The normalized spacial score (nSPS) is 17.6. The van der Waals surface area contributed by atoms with Gasteiger partial charge in [-0.2, -0.15) is 21.6 Å². The van der Waals surface area contributed by atoms with Gasteiger partial charge in [0, 0.05) is 24.2 Å². The van der Waals surface area contributed by atoms with Crippen LogP contribution in [0.2, 0.25) is 0 Å². The first-order valence-electron chi connectivity index (χ1n) is 15.1. The Morgan fingerprint density at radius 2 is 1.69 bits per heavy atom. The summed E-state index contributed by atoms with van der Waals surface area (Å²) in [6.07, 6.45) is 0.245. The molecule has 2 aromatic carbocycles. The Hall–Kier alpha value is -3.86. The second-order valence-electron chi connectivity index (χ2n) is 11.1. The highest BCUT2D eigenvalue weighted by Crippen LogP contribution is 2.42. The highest BCUT2D eigenvalue weighted by Gasteiger charge is 2.43. The number of esters is 1. The maximum Gasteiger partial charge on any atom is 0.417 e. The number of carbonyl (C=O) groups excluding carboxylic acids is 1. The maximum atomic E-state index is 13.4. The number of hydrogen-bond acceptors (Lipinski definition) is 6. The topological polar surface area (TPSA) is 106 Å². The van der Waals surface area contributed by atoms with Crippen molar-refractivity contribution in [2.75, 3.05) is 4.72 Å². The molecule has 0 amide bonds. The second-order valence-corrected chi connectivity index (χ2v) is 12.8. The minimum Gasteiger partial charge on any atom is -0.512 e. The van der Waals surface area contributed by atoms with Crippen LogP contribution in [0.1, 0.15) is 88.8 Å². The van der Waals surface area contributed by atoms with Crippen molar-refractivity contribution in [3.05, 3.63) is 101 Å². The molecule has 45 heavy (non-hydrogen) atoms. The predicted octanol–water partition coefficient (Wildman–Crippen LogP) is 8.74. The van der Waals surface area contributed by atoms with Crippen LogP contribution in [-0.4, -0.2) is 30.1 Å². The van der Waals surface area contributed by atoms with E-state index in [9.17, 15) is 31.5 Å². The van der Waals surface area contributed by atoms with Gasteiger partial charge in [0.15, 0.2) is 5.03 Å². The zero-order chi connectivity index (χ0) is 33.3. The van der Waals surface area contributed by atoms with Gasteiger partial charge in [-0.3, -0.25) is 4.72 Å². The number of nitrogens with zero attached hydrogens (tertiary/aromatic N) is 1. The Kier molecular flexibility index (Phi) is 12.2. The van der Waals surface area contributed by atoms with E-state index < -0.39 is 44.3 Å². The van der Waals surface area contributed by atoms with Crippen molar-refractivity contribution in [1.82, 2.24) is 4.98 Å². The number of carbonyl (C=O) groups is 1. The number of aryl methyl sites for hydroxylation is 1. The van der Waals surface area contributed by atoms with Gasteiger partial charge < -0.3 is 9.84 Å². The van der Waals surface area contributed by atoms with Gasteiger partial charge in [0.05, 0.1) is 11.1 Å². The Balaban J connectivity index is 0.00000177. The minimum absolute atomic E-state index is 0.0421. The number of benzene rings is 2. The van der Waals surface area contributed by atoms with E-state index in [2.05, 4.69) is 23.6 Å². The van der Waals surface area contributed by atoms with Crippen LogP contribution < -0.4 is 4.72 Å². The third kappa shape index (κ3) is 9.32. The highest BCUT2D eigenvalue weighted by molar-refractivity contribution is 7.92. The van der Waals surface area contributed by atoms with Crippen LogP contribution in [-0.2, 0) is 32.2 Å². The lowest BCUT2D eigenvalue weighted by atomic mass is 9.80. The SMILES string of the molecule is CCC.CCC[C@@]1(CCc2ccccc2)CC(O)=C([C@H](CC)c2cccc(NS(=O)(=O)c3ccc(C(F)(F)F)cn3)c2)C(=O)O1. The molecule has 0 unspecified atom stereocenters. The van der Waals surface area contributed by atoms with Gasteiger partial charge in [0.1, 0.15) is 11.4 Å². The van der Waals surface area contributed by atoms with Crippen molar-refractivity contribution < 1.29 is 36.2 Å². The molecule has 2 atom stereocenters. The maximum absolute atomic E-state index is 13.4. The van der Waals surface area contributed by atoms with Gasteiger partial charge in [-0.25, -0.2) is 9.78 Å². The summed E-state index contributed by atoms with van der Waals surface area (Å²) in [5.41, 5.74) is 0.0252. The summed E-state index contributed by atoms with van der Waals surface area (Å²) in [4.78, 5) is 16.9. The lowest BCUT2D eigenvalue weighted by Crippen LogP contribution is -2.41. The molecule has 1 aliphatic heterocycles. The van der Waals surface area contributed by atoms with Crippen molar-refractivity contribution in [1.29, 1.82) is 0 Å². The number of ether oxygens (including phenoxy) is 1. The molecule has 0 saturated carbocycles. The van der Waals surface area contributed by atoms with E-state index in [4.69, 9.17) is 4.74 Å². The molecule has 11 heteroatoms. The van der Waals surface area contributed by atoms with Crippen molar-refractivity contribution >= 4 is 21.7 Å². The van der Waals surface area contributed by atoms with Gasteiger partial charge in [-0.15, -0.1) is 0 Å². The molecule has 0 saturated heterocycles. The summed E-state index contributed by atoms with van der Waals surface area (Å²) in [6.45, 7) is 8.08. The van der Waals surface area contributed by atoms with Crippen molar-refractivity contribution in [2.24, 2.45) is 0 Å². The Labute approximate surface area is 263 Å². The number of hydrogen-bond donors (Lipinski definition) is 2. The van der Waals surface area contributed by atoms with Crippen LogP contribution in [0, 0.1) is 0 Å². The first-order valence-corrected chi connectivity index (χ1v) is 16.6. The number of sulfonamides is 1. The van der Waals surface area contributed by atoms with Crippen molar-refractivity contribution in [3.63, 3.8) is 0 Å². The fraction of sp³-hybridized carbons (Fsp3) is 0.412. The van der Waals surface area contributed by atoms with E-state index in [0.29, 0.717) is 43.5 Å². The largest absolute Gasteiger partial charge is 0.512 e. The van der Waals surface area contributed by atoms with Gasteiger partial charge in [-0.05, 0) is 61.1 Å². The molecular weight excluding hydrogens is 605 g/mol. The van der Waals surface area contributed by atoms with E-state index in [1.807, 2.05) is 44.2 Å². The molecule has 4 rings (SSSR count). The summed E-state index contributed by atoms with van der Waals surface area (Å²) in [5.74, 6) is -1.23. The molecule has 0 fully saturated rings. The zero-order valence-corrected chi connectivity index (χ0v) is 26.8. The first kappa shape index (κ1) is 35.6. The number of halogens is 3. The minimum atomic E-state index is -4.65. The van der Waals surface area contributed by atoms with E-state index in [-0.39, 0.29) is 23.4 Å². The average molecular weight is 647 g/mol. The molecule has 0 aliphatic carbocycles. The third-order valence-electron chi connectivity index (χ3n) is 7.38. The summed E-state index contributed by atoms with van der Waals surface area (Å²) in [5, 5.41) is 10.6. The molecule has 7 nitrogen and oxygen atoms in total. The quantitative estimate of drug-likeness (QED) is 0.202. The molecule has 0 radical (unpaired) electrons. The van der Waals surface area contributed by atoms with Crippen LogP contribution in [0.3, 0.4) is 0 Å². The second kappa shape index (κ2) is 15.4. The van der Waals surface area contributed by atoms with E-state index in [0.717, 1.165) is 18.1 Å². The van der Waals surface area contributed by atoms with Crippen LogP contribution >= 0.6 is 0 Å². The van der Waals surface area contributed by atoms with Crippen LogP contribution in [0.15, 0.2) is 89.3 Å². The molecule has 2 N–H and O–H groups in total. The third-order valence-corrected chi connectivity index (χ3v) is 8.68. The van der Waals surface area contributed by atoms with Crippen molar-refractivity contribution in [2.45, 2.75) is 95.4 Å². The first-order chi connectivity index (χ1) is 21.3.